The summed E-state index contributed by atoms with van der Waals surface area (Å²) in [6.45, 7) is 2.09. The summed E-state index contributed by atoms with van der Waals surface area (Å²) in [4.78, 5) is 15.8. The summed E-state index contributed by atoms with van der Waals surface area (Å²) in [5.41, 5.74) is 4.15. The van der Waals surface area contributed by atoms with Gasteiger partial charge < -0.3 is 15.0 Å². The zero-order valence-corrected chi connectivity index (χ0v) is 18.5. The summed E-state index contributed by atoms with van der Waals surface area (Å²) >= 11 is 8.41. The first-order valence-corrected chi connectivity index (χ1v) is 11.5. The molecule has 1 aliphatic heterocycles. The number of nitrogens with one attached hydrogen (secondary N) is 1. The van der Waals surface area contributed by atoms with Crippen molar-refractivity contribution >= 4 is 46.3 Å². The summed E-state index contributed by atoms with van der Waals surface area (Å²) in [6.07, 6.45) is 3.62. The summed E-state index contributed by atoms with van der Waals surface area (Å²) in [6, 6.07) is 13.8. The molecule has 4 heterocycles. The topological polar surface area (TPSA) is 67.6 Å². The maximum Gasteiger partial charge on any atom is 0.227 e. The lowest BCUT2D eigenvalue weighted by atomic mass is 10.2. The Balaban J connectivity index is 1.45. The van der Waals surface area contributed by atoms with E-state index in [1.54, 1.807) is 13.3 Å². The van der Waals surface area contributed by atoms with E-state index in [-0.39, 0.29) is 0 Å². The Kier molecular flexibility index (Phi) is 5.57. The van der Waals surface area contributed by atoms with E-state index in [0.717, 1.165) is 53.1 Å². The Morgan fingerprint density at radius 3 is 2.81 bits per heavy atom. The maximum absolute atomic E-state index is 6.41. The van der Waals surface area contributed by atoms with Crippen LogP contribution in [0, 0.1) is 0 Å². The highest BCUT2D eigenvalue weighted by Crippen LogP contribution is 2.33. The number of anilines is 3. The van der Waals surface area contributed by atoms with Crippen molar-refractivity contribution in [1.82, 2.24) is 19.4 Å². The van der Waals surface area contributed by atoms with Gasteiger partial charge in [0.25, 0.3) is 0 Å². The highest BCUT2D eigenvalue weighted by atomic mass is 35.5. The summed E-state index contributed by atoms with van der Waals surface area (Å²) < 4.78 is 7.56. The Labute approximate surface area is 189 Å². The van der Waals surface area contributed by atoms with Crippen molar-refractivity contribution in [3.63, 3.8) is 0 Å². The first-order chi connectivity index (χ1) is 15.2. The summed E-state index contributed by atoms with van der Waals surface area (Å²) in [7, 11) is 1.67. The molecule has 0 aliphatic carbocycles. The van der Waals surface area contributed by atoms with Crippen LogP contribution in [-0.2, 0) is 0 Å². The minimum absolute atomic E-state index is 0.400. The number of nitrogens with zero attached hydrogens (tertiary/aromatic N) is 5. The molecule has 158 valence electrons. The van der Waals surface area contributed by atoms with Gasteiger partial charge in [0, 0.05) is 48.7 Å². The van der Waals surface area contributed by atoms with Gasteiger partial charge >= 0.3 is 0 Å². The number of hydrogen-bond donors (Lipinski definition) is 1. The standard InChI is InChI=1S/C22H21ClN6OS/c1-30-18-14-15(28-10-12-31-13-11-28)5-6-16(18)25-22-24-8-7-17(26-22)20-21(23)27-19-4-2-3-9-29(19)20/h2-9,14H,10-13H2,1H3,(H,24,25,26). The monoisotopic (exact) mass is 452 g/mol. The SMILES string of the molecule is COc1cc(N2CCSCC2)ccc1Nc1nccc(-c2c(Cl)nc3ccccn23)n1. The van der Waals surface area contributed by atoms with Crippen molar-refractivity contribution in [2.75, 3.05) is 41.9 Å². The van der Waals surface area contributed by atoms with E-state index >= 15 is 0 Å². The second kappa shape index (κ2) is 8.64. The van der Waals surface area contributed by atoms with Crippen LogP contribution in [0.4, 0.5) is 17.3 Å². The van der Waals surface area contributed by atoms with E-state index in [0.29, 0.717) is 16.8 Å². The molecule has 0 radical (unpaired) electrons. The fourth-order valence-corrected chi connectivity index (χ4v) is 4.85. The fourth-order valence-electron chi connectivity index (χ4n) is 3.67. The molecule has 1 saturated heterocycles. The van der Waals surface area contributed by atoms with Gasteiger partial charge in [-0.1, -0.05) is 17.7 Å². The van der Waals surface area contributed by atoms with Crippen LogP contribution in [0.1, 0.15) is 0 Å². The molecule has 1 aromatic carbocycles. The largest absolute Gasteiger partial charge is 0.494 e. The third kappa shape index (κ3) is 4.00. The average Bonchev–Trinajstić information content (AvgIpc) is 3.16. The minimum Gasteiger partial charge on any atom is -0.494 e. The molecule has 0 unspecified atom stereocenters. The number of halogens is 1. The number of ether oxygens (including phenoxy) is 1. The number of aromatic nitrogens is 4. The highest BCUT2D eigenvalue weighted by molar-refractivity contribution is 7.99. The molecule has 5 rings (SSSR count). The average molecular weight is 453 g/mol. The van der Waals surface area contributed by atoms with Crippen molar-refractivity contribution in [2.24, 2.45) is 0 Å². The number of imidazole rings is 1. The highest BCUT2D eigenvalue weighted by Gasteiger charge is 2.16. The second-order valence-corrected chi connectivity index (χ2v) is 8.64. The second-order valence-electron chi connectivity index (χ2n) is 7.05. The zero-order valence-electron chi connectivity index (χ0n) is 17.0. The quantitative estimate of drug-likeness (QED) is 0.468. The predicted octanol–water partition coefficient (Wildman–Crippen LogP) is 4.75. The molecule has 7 nitrogen and oxygen atoms in total. The van der Waals surface area contributed by atoms with Gasteiger partial charge in [0.15, 0.2) is 5.15 Å². The molecular weight excluding hydrogens is 432 g/mol. The lowest BCUT2D eigenvalue weighted by Crippen LogP contribution is -2.32. The first-order valence-electron chi connectivity index (χ1n) is 9.97. The van der Waals surface area contributed by atoms with Crippen LogP contribution in [-0.4, -0.2) is 51.1 Å². The summed E-state index contributed by atoms with van der Waals surface area (Å²) in [5, 5.41) is 3.68. The van der Waals surface area contributed by atoms with E-state index in [4.69, 9.17) is 16.3 Å². The molecule has 0 amide bonds. The number of thioether (sulfide) groups is 1. The molecule has 4 aromatic rings. The third-order valence-corrected chi connectivity index (χ3v) is 6.40. The molecular formula is C22H21ClN6OS. The lowest BCUT2D eigenvalue weighted by molar-refractivity contribution is 0.416. The van der Waals surface area contributed by atoms with Crippen molar-refractivity contribution in [1.29, 1.82) is 0 Å². The molecule has 31 heavy (non-hydrogen) atoms. The molecule has 1 aliphatic rings. The van der Waals surface area contributed by atoms with Crippen molar-refractivity contribution in [3.8, 4) is 17.1 Å². The number of methoxy groups -OCH3 is 1. The van der Waals surface area contributed by atoms with E-state index in [1.165, 1.54) is 0 Å². The van der Waals surface area contributed by atoms with Crippen LogP contribution in [0.25, 0.3) is 17.0 Å². The molecule has 9 heteroatoms. The van der Waals surface area contributed by atoms with Gasteiger partial charge in [0.1, 0.15) is 17.1 Å². The maximum atomic E-state index is 6.41. The number of pyridine rings is 1. The van der Waals surface area contributed by atoms with Crippen LogP contribution >= 0.6 is 23.4 Å². The zero-order chi connectivity index (χ0) is 21.2. The lowest BCUT2D eigenvalue weighted by Gasteiger charge is -2.29. The predicted molar refractivity (Wildman–Crippen MR) is 127 cm³/mol. The van der Waals surface area contributed by atoms with E-state index in [2.05, 4.69) is 37.3 Å². The molecule has 0 atom stereocenters. The van der Waals surface area contributed by atoms with Crippen molar-refractivity contribution in [2.45, 2.75) is 0 Å². The Morgan fingerprint density at radius 2 is 1.97 bits per heavy atom. The van der Waals surface area contributed by atoms with Gasteiger partial charge in [-0.3, -0.25) is 4.40 Å². The van der Waals surface area contributed by atoms with Crippen LogP contribution < -0.4 is 15.0 Å². The van der Waals surface area contributed by atoms with Gasteiger partial charge in [-0.2, -0.15) is 11.8 Å². The van der Waals surface area contributed by atoms with E-state index in [1.807, 2.05) is 52.7 Å². The first kappa shape index (κ1) is 20.0. The fraction of sp³-hybridized carbons (Fsp3) is 0.227. The van der Waals surface area contributed by atoms with Crippen LogP contribution in [0.2, 0.25) is 5.15 Å². The van der Waals surface area contributed by atoms with Crippen LogP contribution in [0.3, 0.4) is 0 Å². The smallest absolute Gasteiger partial charge is 0.227 e. The Morgan fingerprint density at radius 1 is 1.10 bits per heavy atom. The molecule has 0 bridgehead atoms. The Bertz CT molecular complexity index is 1220. The molecule has 1 N–H and O–H groups in total. The van der Waals surface area contributed by atoms with E-state index in [9.17, 15) is 0 Å². The third-order valence-electron chi connectivity index (χ3n) is 5.19. The van der Waals surface area contributed by atoms with E-state index < -0.39 is 0 Å². The summed E-state index contributed by atoms with van der Waals surface area (Å²) in [5.74, 6) is 3.50. The number of hydrogen-bond acceptors (Lipinski definition) is 7. The number of fused-ring (bicyclic) bond motifs is 1. The van der Waals surface area contributed by atoms with Gasteiger partial charge in [-0.15, -0.1) is 0 Å². The van der Waals surface area contributed by atoms with Gasteiger partial charge in [-0.25, -0.2) is 15.0 Å². The Hall–Kier alpha value is -2.97. The minimum atomic E-state index is 0.400. The molecule has 0 spiro atoms. The van der Waals surface area contributed by atoms with Crippen LogP contribution in [0.5, 0.6) is 5.75 Å². The number of benzene rings is 1. The normalized spacial score (nSPS) is 14.1. The van der Waals surface area contributed by atoms with Crippen LogP contribution in [0.15, 0.2) is 54.9 Å². The molecule has 0 saturated carbocycles. The number of rotatable bonds is 5. The van der Waals surface area contributed by atoms with Crippen molar-refractivity contribution < 1.29 is 4.74 Å². The molecule has 3 aromatic heterocycles. The van der Waals surface area contributed by atoms with Gasteiger partial charge in [0.05, 0.1) is 18.5 Å². The van der Waals surface area contributed by atoms with Gasteiger partial charge in [0.2, 0.25) is 5.95 Å². The molecule has 1 fully saturated rings. The van der Waals surface area contributed by atoms with Crippen molar-refractivity contribution in [3.05, 3.63) is 60.0 Å². The van der Waals surface area contributed by atoms with Gasteiger partial charge in [-0.05, 0) is 30.3 Å².